The summed E-state index contributed by atoms with van der Waals surface area (Å²) in [6.07, 6.45) is -3.86. The van der Waals surface area contributed by atoms with Crippen molar-refractivity contribution < 1.29 is 22.8 Å². The van der Waals surface area contributed by atoms with Crippen molar-refractivity contribution in [2.45, 2.75) is 6.18 Å². The Morgan fingerprint density at radius 3 is 2.50 bits per heavy atom. The van der Waals surface area contributed by atoms with Crippen LogP contribution in [0.15, 0.2) is 72.8 Å². The zero-order chi connectivity index (χ0) is 21.3. The number of fused-ring (bicyclic) bond motifs is 1. The maximum Gasteiger partial charge on any atom is 0.416 e. The summed E-state index contributed by atoms with van der Waals surface area (Å²) in [6, 6.07) is 17.9. The second-order valence-corrected chi connectivity index (χ2v) is 6.51. The van der Waals surface area contributed by atoms with Gasteiger partial charge in [0.05, 0.1) is 16.6 Å². The lowest BCUT2D eigenvalue weighted by molar-refractivity contribution is -0.137. The molecule has 0 saturated carbocycles. The van der Waals surface area contributed by atoms with Crippen molar-refractivity contribution in [1.29, 1.82) is 0 Å². The fraction of sp³-hybridized carbons (Fsp3) is 0.0455. The summed E-state index contributed by atoms with van der Waals surface area (Å²) in [6.45, 7) is 0. The molecule has 8 heteroatoms. The largest absolute Gasteiger partial charge is 0.416 e. The van der Waals surface area contributed by atoms with Crippen LogP contribution < -0.4 is 5.32 Å². The molecule has 0 bridgehead atoms. The van der Waals surface area contributed by atoms with Gasteiger partial charge < -0.3 is 0 Å². The van der Waals surface area contributed by atoms with Crippen LogP contribution in [0, 0.1) is 0 Å². The van der Waals surface area contributed by atoms with Crippen LogP contribution in [-0.4, -0.2) is 21.7 Å². The lowest BCUT2D eigenvalue weighted by Crippen LogP contribution is -2.16. The van der Waals surface area contributed by atoms with Crippen LogP contribution in [0.1, 0.15) is 26.3 Å². The minimum absolute atomic E-state index is 0.127. The molecular formula is C22H14F3N3O2. The third-order valence-electron chi connectivity index (χ3n) is 4.50. The normalized spacial score (nSPS) is 11.4. The van der Waals surface area contributed by atoms with E-state index in [2.05, 4.69) is 10.3 Å². The minimum atomic E-state index is -4.56. The number of para-hydroxylation sites is 2. The van der Waals surface area contributed by atoms with Crippen LogP contribution in [0.25, 0.3) is 16.7 Å². The lowest BCUT2D eigenvalue weighted by atomic mass is 10.1. The number of alkyl halides is 3. The van der Waals surface area contributed by atoms with E-state index in [0.29, 0.717) is 28.6 Å². The van der Waals surface area contributed by atoms with Gasteiger partial charge in [-0.25, -0.2) is 4.98 Å². The highest BCUT2D eigenvalue weighted by molar-refractivity contribution is 6.04. The van der Waals surface area contributed by atoms with E-state index in [1.54, 1.807) is 53.1 Å². The highest BCUT2D eigenvalue weighted by Crippen LogP contribution is 2.30. The van der Waals surface area contributed by atoms with Gasteiger partial charge in [-0.3, -0.25) is 19.5 Å². The van der Waals surface area contributed by atoms with Gasteiger partial charge in [0.2, 0.25) is 5.95 Å². The predicted octanol–water partition coefficient (Wildman–Crippen LogP) is 5.11. The van der Waals surface area contributed by atoms with E-state index in [-0.39, 0.29) is 11.5 Å². The smallest absolute Gasteiger partial charge is 0.298 e. The Bertz CT molecular complexity index is 1260. The molecular weight excluding hydrogens is 395 g/mol. The van der Waals surface area contributed by atoms with Crippen LogP contribution in [0.2, 0.25) is 0 Å². The number of imidazole rings is 1. The van der Waals surface area contributed by atoms with Gasteiger partial charge in [-0.05, 0) is 42.5 Å². The van der Waals surface area contributed by atoms with Crippen molar-refractivity contribution in [1.82, 2.24) is 9.55 Å². The number of rotatable bonds is 4. The topological polar surface area (TPSA) is 64.0 Å². The molecule has 1 heterocycles. The first-order valence-electron chi connectivity index (χ1n) is 8.88. The van der Waals surface area contributed by atoms with Crippen LogP contribution >= 0.6 is 0 Å². The van der Waals surface area contributed by atoms with Gasteiger partial charge >= 0.3 is 6.18 Å². The maximum absolute atomic E-state index is 13.0. The zero-order valence-electron chi connectivity index (χ0n) is 15.4. The van der Waals surface area contributed by atoms with Crippen LogP contribution in [0.4, 0.5) is 19.1 Å². The second kappa shape index (κ2) is 7.47. The fourth-order valence-corrected chi connectivity index (χ4v) is 3.12. The molecule has 0 saturated heterocycles. The Kier molecular flexibility index (Phi) is 4.83. The summed E-state index contributed by atoms with van der Waals surface area (Å²) < 4.78 is 40.6. The number of anilines is 1. The van der Waals surface area contributed by atoms with Gasteiger partial charge in [-0.15, -0.1) is 0 Å². The van der Waals surface area contributed by atoms with Crippen molar-refractivity contribution in [3.8, 4) is 5.69 Å². The third-order valence-corrected chi connectivity index (χ3v) is 4.50. The number of carbonyl (C=O) groups excluding carboxylic acids is 2. The van der Waals surface area contributed by atoms with Crippen LogP contribution in [-0.2, 0) is 6.18 Å². The molecule has 150 valence electrons. The molecule has 1 aromatic heterocycles. The number of nitrogens with one attached hydrogen (secondary N) is 1. The zero-order valence-corrected chi connectivity index (χ0v) is 15.4. The molecule has 5 nitrogen and oxygen atoms in total. The fourth-order valence-electron chi connectivity index (χ4n) is 3.12. The number of benzene rings is 3. The van der Waals surface area contributed by atoms with E-state index >= 15 is 0 Å². The predicted molar refractivity (Wildman–Crippen MR) is 106 cm³/mol. The summed E-state index contributed by atoms with van der Waals surface area (Å²) >= 11 is 0. The Morgan fingerprint density at radius 2 is 1.73 bits per heavy atom. The second-order valence-electron chi connectivity index (χ2n) is 6.51. The van der Waals surface area contributed by atoms with Crippen molar-refractivity contribution >= 4 is 29.2 Å². The number of amides is 1. The van der Waals surface area contributed by atoms with Gasteiger partial charge in [-0.1, -0.05) is 30.3 Å². The van der Waals surface area contributed by atoms with E-state index in [1.165, 1.54) is 12.1 Å². The highest BCUT2D eigenvalue weighted by Gasteiger charge is 2.31. The number of hydrogen-bond acceptors (Lipinski definition) is 3. The van der Waals surface area contributed by atoms with E-state index in [0.717, 1.165) is 12.1 Å². The number of aromatic nitrogens is 2. The summed E-state index contributed by atoms with van der Waals surface area (Å²) in [5.41, 5.74) is 1.19. The van der Waals surface area contributed by atoms with Crippen LogP contribution in [0.3, 0.4) is 0 Å². The molecule has 0 aliphatic heterocycles. The first-order chi connectivity index (χ1) is 14.4. The van der Waals surface area contributed by atoms with Crippen molar-refractivity contribution in [3.05, 3.63) is 89.5 Å². The summed E-state index contributed by atoms with van der Waals surface area (Å²) in [5, 5.41) is 2.59. The Morgan fingerprint density at radius 1 is 0.967 bits per heavy atom. The molecule has 0 aliphatic carbocycles. The molecule has 0 spiro atoms. The van der Waals surface area contributed by atoms with Gasteiger partial charge in [0.25, 0.3) is 5.91 Å². The van der Waals surface area contributed by atoms with Crippen molar-refractivity contribution in [3.63, 3.8) is 0 Å². The Labute approximate surface area is 168 Å². The van der Waals surface area contributed by atoms with E-state index in [1.807, 2.05) is 0 Å². The Balaban J connectivity index is 1.78. The molecule has 0 aliphatic rings. The molecule has 0 radical (unpaired) electrons. The average molecular weight is 409 g/mol. The molecule has 4 aromatic rings. The Hall–Kier alpha value is -3.94. The summed E-state index contributed by atoms with van der Waals surface area (Å²) in [5.74, 6) is -0.606. The van der Waals surface area contributed by atoms with Gasteiger partial charge in [0.1, 0.15) is 6.29 Å². The number of halogens is 3. The number of nitrogens with zero attached hydrogens (tertiary/aromatic N) is 2. The van der Waals surface area contributed by atoms with Crippen molar-refractivity contribution in [2.75, 3.05) is 5.32 Å². The molecule has 3 aromatic carbocycles. The van der Waals surface area contributed by atoms with E-state index in [4.69, 9.17) is 0 Å². The highest BCUT2D eigenvalue weighted by atomic mass is 19.4. The number of hydrogen-bond donors (Lipinski definition) is 1. The molecule has 1 N–H and O–H groups in total. The lowest BCUT2D eigenvalue weighted by Gasteiger charge is -2.12. The average Bonchev–Trinajstić information content (AvgIpc) is 3.11. The minimum Gasteiger partial charge on any atom is -0.298 e. The van der Waals surface area contributed by atoms with Crippen molar-refractivity contribution in [2.24, 2.45) is 0 Å². The standard InChI is InChI=1S/C22H14F3N3O2/c23-22(24,25)16-7-4-6-15(12-16)20(30)27-21-26-18-9-1-2-10-19(18)28(21)17-8-3-5-14(11-17)13-29/h1-13H,(H,26,27,30). The first-order valence-corrected chi connectivity index (χ1v) is 8.88. The molecule has 0 atom stereocenters. The van der Waals surface area contributed by atoms with Gasteiger partial charge in [-0.2, -0.15) is 13.2 Å². The summed E-state index contributed by atoms with van der Waals surface area (Å²) in [7, 11) is 0. The summed E-state index contributed by atoms with van der Waals surface area (Å²) in [4.78, 5) is 28.3. The first kappa shape index (κ1) is 19.4. The monoisotopic (exact) mass is 409 g/mol. The molecule has 30 heavy (non-hydrogen) atoms. The quantitative estimate of drug-likeness (QED) is 0.477. The number of aldehydes is 1. The molecule has 4 rings (SSSR count). The van der Waals surface area contributed by atoms with Gasteiger partial charge in [0, 0.05) is 16.8 Å². The molecule has 0 unspecified atom stereocenters. The number of carbonyl (C=O) groups is 2. The maximum atomic E-state index is 13.0. The van der Waals surface area contributed by atoms with Gasteiger partial charge in [0.15, 0.2) is 0 Å². The molecule has 0 fully saturated rings. The van der Waals surface area contributed by atoms with E-state index in [9.17, 15) is 22.8 Å². The van der Waals surface area contributed by atoms with E-state index < -0.39 is 17.6 Å². The SMILES string of the molecule is O=Cc1cccc(-n2c(NC(=O)c3cccc(C(F)(F)F)c3)nc3ccccc32)c1. The third kappa shape index (κ3) is 3.67. The van der Waals surface area contributed by atoms with Crippen LogP contribution in [0.5, 0.6) is 0 Å². The molecule has 1 amide bonds.